The molecule has 1 aliphatic carbocycles. The molecule has 0 spiro atoms. The average Bonchev–Trinajstić information content (AvgIpc) is 3.09. The first kappa shape index (κ1) is 12.0. The lowest BCUT2D eigenvalue weighted by atomic mass is 9.99. The Morgan fingerprint density at radius 2 is 2.28 bits per heavy atom. The summed E-state index contributed by atoms with van der Waals surface area (Å²) >= 11 is 0. The van der Waals surface area contributed by atoms with Crippen LogP contribution in [0.25, 0.3) is 0 Å². The molecule has 1 N–H and O–H groups in total. The summed E-state index contributed by atoms with van der Waals surface area (Å²) in [5, 5.41) is 3.47. The predicted octanol–water partition coefficient (Wildman–Crippen LogP) is 2.94. The molecule has 98 valence electrons. The summed E-state index contributed by atoms with van der Waals surface area (Å²) in [4.78, 5) is 0. The summed E-state index contributed by atoms with van der Waals surface area (Å²) in [7, 11) is 2.10. The molecule has 0 aromatic heterocycles. The number of rotatable bonds is 6. The van der Waals surface area contributed by atoms with E-state index in [0.717, 1.165) is 24.7 Å². The summed E-state index contributed by atoms with van der Waals surface area (Å²) in [5.74, 6) is 2.11. The van der Waals surface area contributed by atoms with E-state index in [9.17, 15) is 0 Å². The molecule has 1 saturated carbocycles. The molecule has 1 fully saturated rings. The van der Waals surface area contributed by atoms with E-state index in [4.69, 9.17) is 4.74 Å². The molecule has 1 unspecified atom stereocenters. The summed E-state index contributed by atoms with van der Waals surface area (Å²) in [6.07, 6.45) is 7.80. The molecule has 2 aliphatic rings. The second-order valence-corrected chi connectivity index (χ2v) is 5.74. The van der Waals surface area contributed by atoms with Gasteiger partial charge in [0.2, 0.25) is 0 Å². The quantitative estimate of drug-likeness (QED) is 0.832. The highest BCUT2D eigenvalue weighted by Crippen LogP contribution is 2.34. The van der Waals surface area contributed by atoms with Crippen molar-refractivity contribution in [3.05, 3.63) is 29.3 Å². The number of aryl methyl sites for hydroxylation is 1. The number of benzene rings is 1. The van der Waals surface area contributed by atoms with Crippen molar-refractivity contribution in [2.24, 2.45) is 5.92 Å². The minimum absolute atomic E-state index is 0.696. The second-order valence-electron chi connectivity index (χ2n) is 5.74. The van der Waals surface area contributed by atoms with Crippen LogP contribution >= 0.6 is 0 Å². The normalized spacial score (nSPS) is 19.4. The molecule has 0 saturated heterocycles. The zero-order valence-corrected chi connectivity index (χ0v) is 11.2. The van der Waals surface area contributed by atoms with E-state index in [2.05, 4.69) is 30.6 Å². The minimum atomic E-state index is 0.696. The molecule has 0 radical (unpaired) electrons. The summed E-state index contributed by atoms with van der Waals surface area (Å²) in [5.41, 5.74) is 2.87. The molecule has 3 rings (SSSR count). The average molecular weight is 245 g/mol. The van der Waals surface area contributed by atoms with Gasteiger partial charge >= 0.3 is 0 Å². The highest BCUT2D eigenvalue weighted by Gasteiger charge is 2.24. The molecule has 0 amide bonds. The van der Waals surface area contributed by atoms with Crippen molar-refractivity contribution in [2.75, 3.05) is 13.7 Å². The molecule has 1 aromatic rings. The molecule has 18 heavy (non-hydrogen) atoms. The Hall–Kier alpha value is -1.02. The van der Waals surface area contributed by atoms with Crippen molar-refractivity contribution >= 4 is 0 Å². The third-order valence-electron chi connectivity index (χ3n) is 4.26. The Morgan fingerprint density at radius 1 is 1.39 bits per heavy atom. The standard InChI is InChI=1S/C16H23NO/c1-17-15(11-13-2-3-13)6-4-12-5-7-16-14(10-12)8-9-18-16/h5,7,10,13,15,17H,2-4,6,8-9,11H2,1H3. The molecule has 1 atom stereocenters. The van der Waals surface area contributed by atoms with Gasteiger partial charge in [0.1, 0.15) is 5.75 Å². The van der Waals surface area contributed by atoms with Crippen molar-refractivity contribution in [1.29, 1.82) is 0 Å². The van der Waals surface area contributed by atoms with Crippen molar-refractivity contribution < 1.29 is 4.74 Å². The van der Waals surface area contributed by atoms with E-state index in [1.165, 1.54) is 43.2 Å². The SMILES string of the molecule is CNC(CCc1ccc2c(c1)CCO2)CC1CC1. The number of ether oxygens (including phenoxy) is 1. The molecule has 1 aromatic carbocycles. The van der Waals surface area contributed by atoms with Crippen LogP contribution in [0.5, 0.6) is 5.75 Å². The molecule has 1 heterocycles. The lowest BCUT2D eigenvalue weighted by Crippen LogP contribution is -2.26. The number of fused-ring (bicyclic) bond motifs is 1. The van der Waals surface area contributed by atoms with E-state index in [0.29, 0.717) is 6.04 Å². The van der Waals surface area contributed by atoms with Crippen molar-refractivity contribution in [3.63, 3.8) is 0 Å². The van der Waals surface area contributed by atoms with Gasteiger partial charge in [-0.2, -0.15) is 0 Å². The van der Waals surface area contributed by atoms with E-state index in [1.807, 2.05) is 0 Å². The maximum absolute atomic E-state index is 5.55. The van der Waals surface area contributed by atoms with E-state index in [-0.39, 0.29) is 0 Å². The Balaban J connectivity index is 1.55. The Morgan fingerprint density at radius 3 is 3.06 bits per heavy atom. The van der Waals surface area contributed by atoms with E-state index >= 15 is 0 Å². The van der Waals surface area contributed by atoms with Gasteiger partial charge in [-0.05, 0) is 49.4 Å². The van der Waals surface area contributed by atoms with Crippen LogP contribution in [0.1, 0.15) is 36.8 Å². The first-order chi connectivity index (χ1) is 8.85. The fourth-order valence-electron chi connectivity index (χ4n) is 2.87. The third kappa shape index (κ3) is 2.86. The summed E-state index contributed by atoms with van der Waals surface area (Å²) in [6, 6.07) is 7.41. The Kier molecular flexibility index (Phi) is 3.55. The van der Waals surface area contributed by atoms with E-state index in [1.54, 1.807) is 0 Å². The third-order valence-corrected chi connectivity index (χ3v) is 4.26. The van der Waals surface area contributed by atoms with Gasteiger partial charge in [-0.15, -0.1) is 0 Å². The van der Waals surface area contributed by atoms with Gasteiger partial charge in [-0.25, -0.2) is 0 Å². The summed E-state index contributed by atoms with van der Waals surface area (Å²) < 4.78 is 5.55. The Labute approximate surface area is 110 Å². The highest BCUT2D eigenvalue weighted by atomic mass is 16.5. The van der Waals surface area contributed by atoms with Crippen molar-refractivity contribution in [1.82, 2.24) is 5.32 Å². The largest absolute Gasteiger partial charge is 0.493 e. The number of hydrogen-bond donors (Lipinski definition) is 1. The van der Waals surface area contributed by atoms with Crippen molar-refractivity contribution in [3.8, 4) is 5.75 Å². The minimum Gasteiger partial charge on any atom is -0.493 e. The molecule has 2 nitrogen and oxygen atoms in total. The second kappa shape index (κ2) is 5.31. The van der Waals surface area contributed by atoms with Gasteiger partial charge in [0.05, 0.1) is 6.61 Å². The number of nitrogens with one attached hydrogen (secondary N) is 1. The van der Waals surface area contributed by atoms with Gasteiger partial charge in [-0.3, -0.25) is 0 Å². The lowest BCUT2D eigenvalue weighted by Gasteiger charge is -2.15. The fourth-order valence-corrected chi connectivity index (χ4v) is 2.87. The van der Waals surface area contributed by atoms with Crippen molar-refractivity contribution in [2.45, 2.75) is 44.6 Å². The summed E-state index contributed by atoms with van der Waals surface area (Å²) in [6.45, 7) is 0.861. The van der Waals surface area contributed by atoms with Gasteiger partial charge in [0.15, 0.2) is 0 Å². The maximum Gasteiger partial charge on any atom is 0.122 e. The zero-order chi connectivity index (χ0) is 12.4. The van der Waals surface area contributed by atoms with Gasteiger partial charge in [0, 0.05) is 12.5 Å². The first-order valence-corrected chi connectivity index (χ1v) is 7.27. The molecule has 2 heteroatoms. The number of hydrogen-bond acceptors (Lipinski definition) is 2. The first-order valence-electron chi connectivity index (χ1n) is 7.27. The van der Waals surface area contributed by atoms with Crippen LogP contribution in [0.3, 0.4) is 0 Å². The van der Waals surface area contributed by atoms with Crippen LogP contribution in [-0.4, -0.2) is 19.7 Å². The van der Waals surface area contributed by atoms with Gasteiger partial charge in [-0.1, -0.05) is 25.0 Å². The van der Waals surface area contributed by atoms with Crippen LogP contribution in [0.4, 0.5) is 0 Å². The van der Waals surface area contributed by atoms with Crippen LogP contribution in [-0.2, 0) is 12.8 Å². The smallest absolute Gasteiger partial charge is 0.122 e. The van der Waals surface area contributed by atoms with Crippen LogP contribution < -0.4 is 10.1 Å². The predicted molar refractivity (Wildman–Crippen MR) is 74.2 cm³/mol. The topological polar surface area (TPSA) is 21.3 Å². The Bertz CT molecular complexity index is 412. The molecular weight excluding hydrogens is 222 g/mol. The van der Waals surface area contributed by atoms with Crippen LogP contribution in [0, 0.1) is 5.92 Å². The van der Waals surface area contributed by atoms with Crippen LogP contribution in [0.2, 0.25) is 0 Å². The zero-order valence-electron chi connectivity index (χ0n) is 11.2. The monoisotopic (exact) mass is 245 g/mol. The highest BCUT2D eigenvalue weighted by molar-refractivity contribution is 5.39. The van der Waals surface area contributed by atoms with Crippen LogP contribution in [0.15, 0.2) is 18.2 Å². The maximum atomic E-state index is 5.55. The molecule has 1 aliphatic heterocycles. The van der Waals surface area contributed by atoms with Gasteiger partial charge < -0.3 is 10.1 Å². The van der Waals surface area contributed by atoms with E-state index < -0.39 is 0 Å². The fraction of sp³-hybridized carbons (Fsp3) is 0.625. The van der Waals surface area contributed by atoms with Gasteiger partial charge in [0.25, 0.3) is 0 Å². The molecule has 0 bridgehead atoms. The lowest BCUT2D eigenvalue weighted by molar-refractivity contribution is 0.357. The molecular formula is C16H23NO.